The van der Waals surface area contributed by atoms with E-state index in [4.69, 9.17) is 4.74 Å². The van der Waals surface area contributed by atoms with Gasteiger partial charge >= 0.3 is 5.97 Å². The number of rotatable bonds is 4. The van der Waals surface area contributed by atoms with Gasteiger partial charge in [0.15, 0.2) is 0 Å². The Labute approximate surface area is 129 Å². The number of carbonyl (C=O) groups excluding carboxylic acids is 1. The third kappa shape index (κ3) is 3.23. The normalized spacial score (nSPS) is 23.0. The van der Waals surface area contributed by atoms with E-state index in [1.165, 1.54) is 26.4 Å². The van der Waals surface area contributed by atoms with E-state index in [1.54, 1.807) is 12.1 Å². The van der Waals surface area contributed by atoms with Gasteiger partial charge in [0.1, 0.15) is 11.8 Å². The van der Waals surface area contributed by atoms with E-state index >= 15 is 0 Å². The van der Waals surface area contributed by atoms with Crippen LogP contribution in [0, 0.1) is 0 Å². The lowest BCUT2D eigenvalue weighted by atomic mass is 10.0. The zero-order valence-electron chi connectivity index (χ0n) is 12.4. The van der Waals surface area contributed by atoms with Crippen LogP contribution in [0.25, 0.3) is 0 Å². The Hall–Kier alpha value is -1.64. The molecule has 1 saturated heterocycles. The van der Waals surface area contributed by atoms with E-state index in [0.29, 0.717) is 5.75 Å². The van der Waals surface area contributed by atoms with Gasteiger partial charge in [0.2, 0.25) is 10.0 Å². The van der Waals surface area contributed by atoms with Crippen LogP contribution >= 0.6 is 0 Å². The number of esters is 1. The van der Waals surface area contributed by atoms with Crippen molar-refractivity contribution in [1.29, 1.82) is 0 Å². The number of aliphatic hydroxyl groups excluding tert-OH is 1. The monoisotopic (exact) mass is 329 g/mol. The minimum Gasteiger partial charge on any atom is -0.497 e. The molecule has 2 rings (SSSR count). The zero-order chi connectivity index (χ0) is 16.3. The summed E-state index contributed by atoms with van der Waals surface area (Å²) in [6.07, 6.45) is -0.423. The molecule has 1 heterocycles. The summed E-state index contributed by atoms with van der Waals surface area (Å²) in [5.74, 6) is -0.266. The van der Waals surface area contributed by atoms with Gasteiger partial charge in [0, 0.05) is 19.0 Å². The minimum absolute atomic E-state index is 0.0237. The molecule has 8 heteroatoms. The first-order valence-electron chi connectivity index (χ1n) is 6.82. The second kappa shape index (κ2) is 6.64. The number of benzene rings is 1. The molecule has 1 aromatic rings. The van der Waals surface area contributed by atoms with Crippen molar-refractivity contribution in [3.8, 4) is 5.75 Å². The molecule has 7 nitrogen and oxygen atoms in total. The second-order valence-corrected chi connectivity index (χ2v) is 6.90. The van der Waals surface area contributed by atoms with Crippen molar-refractivity contribution >= 4 is 16.0 Å². The van der Waals surface area contributed by atoms with E-state index in [9.17, 15) is 18.3 Å². The average molecular weight is 329 g/mol. The molecule has 1 aromatic carbocycles. The van der Waals surface area contributed by atoms with E-state index < -0.39 is 28.1 Å². The molecule has 0 radical (unpaired) electrons. The second-order valence-electron chi connectivity index (χ2n) is 5.01. The molecule has 0 bridgehead atoms. The number of ether oxygens (including phenoxy) is 2. The molecule has 1 aliphatic rings. The molecule has 0 amide bonds. The van der Waals surface area contributed by atoms with Crippen molar-refractivity contribution in [3.05, 3.63) is 24.3 Å². The lowest BCUT2D eigenvalue weighted by Gasteiger charge is -2.35. The van der Waals surface area contributed by atoms with Gasteiger partial charge in [-0.3, -0.25) is 4.79 Å². The van der Waals surface area contributed by atoms with Crippen molar-refractivity contribution in [2.75, 3.05) is 20.8 Å². The van der Waals surface area contributed by atoms with E-state index in [1.807, 2.05) is 0 Å². The van der Waals surface area contributed by atoms with Crippen molar-refractivity contribution in [3.63, 3.8) is 0 Å². The highest BCUT2D eigenvalue weighted by molar-refractivity contribution is 7.89. The molecule has 0 saturated carbocycles. The molecule has 0 aromatic heterocycles. The fourth-order valence-corrected chi connectivity index (χ4v) is 4.10. The summed E-state index contributed by atoms with van der Waals surface area (Å²) in [4.78, 5) is 11.9. The van der Waals surface area contributed by atoms with Crippen LogP contribution in [-0.2, 0) is 19.6 Å². The Bertz CT molecular complexity index is 644. The summed E-state index contributed by atoms with van der Waals surface area (Å²) in [5, 5.41) is 9.71. The highest BCUT2D eigenvalue weighted by Gasteiger charge is 2.41. The third-order valence-electron chi connectivity index (χ3n) is 3.65. The molecule has 1 N–H and O–H groups in total. The summed E-state index contributed by atoms with van der Waals surface area (Å²) in [6.45, 7) is 0.0560. The zero-order valence-corrected chi connectivity index (χ0v) is 13.2. The fraction of sp³-hybridized carbons (Fsp3) is 0.500. The predicted molar refractivity (Wildman–Crippen MR) is 77.9 cm³/mol. The van der Waals surface area contributed by atoms with Gasteiger partial charge in [0.25, 0.3) is 0 Å². The van der Waals surface area contributed by atoms with Gasteiger partial charge in [-0.1, -0.05) is 6.07 Å². The first-order chi connectivity index (χ1) is 10.4. The summed E-state index contributed by atoms with van der Waals surface area (Å²) < 4.78 is 36.3. The van der Waals surface area contributed by atoms with Crippen LogP contribution in [0.1, 0.15) is 12.8 Å². The summed E-state index contributed by atoms with van der Waals surface area (Å²) in [7, 11) is -1.24. The number of hydrogen-bond acceptors (Lipinski definition) is 6. The lowest BCUT2D eigenvalue weighted by molar-refractivity contribution is -0.147. The van der Waals surface area contributed by atoms with Crippen molar-refractivity contribution in [2.45, 2.75) is 29.9 Å². The van der Waals surface area contributed by atoms with Gasteiger partial charge in [-0.25, -0.2) is 8.42 Å². The van der Waals surface area contributed by atoms with Crippen LogP contribution in [0.15, 0.2) is 29.2 Å². The Balaban J connectivity index is 2.39. The Morgan fingerprint density at radius 1 is 1.36 bits per heavy atom. The summed E-state index contributed by atoms with van der Waals surface area (Å²) in [5.41, 5.74) is 0. The first-order valence-corrected chi connectivity index (χ1v) is 8.26. The van der Waals surface area contributed by atoms with E-state index in [0.717, 1.165) is 4.31 Å². The van der Waals surface area contributed by atoms with Crippen LogP contribution in [-0.4, -0.2) is 56.7 Å². The number of sulfonamides is 1. The van der Waals surface area contributed by atoms with Gasteiger partial charge in [0.05, 0.1) is 25.2 Å². The minimum atomic E-state index is -3.88. The summed E-state index contributed by atoms with van der Waals surface area (Å²) in [6, 6.07) is 5.02. The standard InChI is InChI=1S/C14H19NO6S/c1-20-11-4-3-5-12(9-11)22(18,19)15-7-6-10(16)8-13(15)14(17)21-2/h3-5,9-10,13,16H,6-8H2,1-2H3/t10-,13+/m1/s1. The Kier molecular flexibility index (Phi) is 5.05. The third-order valence-corrected chi connectivity index (χ3v) is 5.55. The fourth-order valence-electron chi connectivity index (χ4n) is 2.46. The number of nitrogens with zero attached hydrogens (tertiary/aromatic N) is 1. The molecule has 0 aliphatic carbocycles. The Morgan fingerprint density at radius 2 is 2.09 bits per heavy atom. The maximum Gasteiger partial charge on any atom is 0.324 e. The molecule has 0 unspecified atom stereocenters. The molecule has 0 spiro atoms. The van der Waals surface area contributed by atoms with Crippen molar-refractivity contribution in [1.82, 2.24) is 4.31 Å². The number of carbonyl (C=O) groups is 1. The quantitative estimate of drug-likeness (QED) is 0.803. The highest BCUT2D eigenvalue weighted by Crippen LogP contribution is 2.28. The van der Waals surface area contributed by atoms with Crippen molar-refractivity contribution in [2.24, 2.45) is 0 Å². The average Bonchev–Trinajstić information content (AvgIpc) is 2.53. The number of hydrogen-bond donors (Lipinski definition) is 1. The van der Waals surface area contributed by atoms with E-state index in [-0.39, 0.29) is 24.3 Å². The van der Waals surface area contributed by atoms with Gasteiger partial charge in [-0.2, -0.15) is 4.31 Å². The lowest BCUT2D eigenvalue weighted by Crippen LogP contribution is -2.51. The molecule has 122 valence electrons. The van der Waals surface area contributed by atoms with Crippen LogP contribution in [0.3, 0.4) is 0 Å². The number of methoxy groups -OCH3 is 2. The van der Waals surface area contributed by atoms with Crippen LogP contribution in [0.2, 0.25) is 0 Å². The highest BCUT2D eigenvalue weighted by atomic mass is 32.2. The largest absolute Gasteiger partial charge is 0.497 e. The number of aliphatic hydroxyl groups is 1. The molecule has 1 fully saturated rings. The maximum absolute atomic E-state index is 12.8. The summed E-state index contributed by atoms with van der Waals surface area (Å²) >= 11 is 0. The Morgan fingerprint density at radius 3 is 2.73 bits per heavy atom. The molecule has 22 heavy (non-hydrogen) atoms. The molecule has 1 aliphatic heterocycles. The predicted octanol–water partition coefficient (Wildman–Crippen LogP) is 0.382. The molecule has 2 atom stereocenters. The van der Waals surface area contributed by atoms with Crippen molar-refractivity contribution < 1.29 is 27.8 Å². The van der Waals surface area contributed by atoms with Crippen LogP contribution in [0.4, 0.5) is 0 Å². The van der Waals surface area contributed by atoms with Gasteiger partial charge < -0.3 is 14.6 Å². The molecular formula is C14H19NO6S. The smallest absolute Gasteiger partial charge is 0.324 e. The SMILES string of the molecule is COC(=O)[C@@H]1C[C@H](O)CCN1S(=O)(=O)c1cccc(OC)c1. The number of piperidine rings is 1. The first kappa shape index (κ1) is 16.7. The molecular weight excluding hydrogens is 310 g/mol. The van der Waals surface area contributed by atoms with Gasteiger partial charge in [-0.15, -0.1) is 0 Å². The topological polar surface area (TPSA) is 93.1 Å². The van der Waals surface area contributed by atoms with Gasteiger partial charge in [-0.05, 0) is 18.6 Å². The van der Waals surface area contributed by atoms with E-state index in [2.05, 4.69) is 4.74 Å². The maximum atomic E-state index is 12.8. The van der Waals surface area contributed by atoms with Crippen LogP contribution in [0.5, 0.6) is 5.75 Å². The van der Waals surface area contributed by atoms with Crippen LogP contribution < -0.4 is 4.74 Å².